The molecular weight excluding hydrogens is 282 g/mol. The topological polar surface area (TPSA) is 64.6 Å². The summed E-state index contributed by atoms with van der Waals surface area (Å²) in [7, 11) is 0. The van der Waals surface area contributed by atoms with Gasteiger partial charge >= 0.3 is 6.01 Å². The minimum Gasteiger partial charge on any atom is -0.458 e. The molecule has 0 aliphatic carbocycles. The monoisotopic (exact) mass is 305 g/mol. The Labute approximate surface area is 130 Å². The number of amides is 1. The van der Waals surface area contributed by atoms with Crippen LogP contribution in [0.25, 0.3) is 0 Å². The summed E-state index contributed by atoms with van der Waals surface area (Å²) in [5, 5.41) is 0. The highest BCUT2D eigenvalue weighted by atomic mass is 16.6. The van der Waals surface area contributed by atoms with Crippen LogP contribution in [0, 0.1) is 5.92 Å². The number of aromatic nitrogens is 2. The van der Waals surface area contributed by atoms with Crippen LogP contribution in [0.1, 0.15) is 33.1 Å². The largest absolute Gasteiger partial charge is 0.458 e. The second-order valence-corrected chi connectivity index (χ2v) is 6.63. The molecular formula is C16H23N3O3. The fraction of sp³-hybridized carbons (Fsp3) is 0.688. The first-order chi connectivity index (χ1) is 10.6. The fourth-order valence-electron chi connectivity index (χ4n) is 3.19. The molecule has 2 atom stereocenters. The Morgan fingerprint density at radius 2 is 2.27 bits per heavy atom. The summed E-state index contributed by atoms with van der Waals surface area (Å²) in [6.07, 6.45) is 5.56. The summed E-state index contributed by atoms with van der Waals surface area (Å²) >= 11 is 0. The van der Waals surface area contributed by atoms with Crippen molar-refractivity contribution in [1.29, 1.82) is 0 Å². The predicted molar refractivity (Wildman–Crippen MR) is 80.4 cm³/mol. The number of hydrogen-bond acceptors (Lipinski definition) is 5. The van der Waals surface area contributed by atoms with E-state index in [4.69, 9.17) is 9.47 Å². The van der Waals surface area contributed by atoms with Gasteiger partial charge in [-0.2, -0.15) is 0 Å². The molecule has 0 aromatic carbocycles. The SMILES string of the molecule is CC(C)CC(=O)N1CC[C@@]2(C[C@@H](Oc3ncccn3)CO2)C1. The first-order valence-electron chi connectivity index (χ1n) is 7.92. The Hall–Kier alpha value is -1.69. The van der Waals surface area contributed by atoms with Crippen molar-refractivity contribution in [2.45, 2.75) is 44.8 Å². The third-order valence-electron chi connectivity index (χ3n) is 4.24. The summed E-state index contributed by atoms with van der Waals surface area (Å²) in [6, 6.07) is 2.15. The molecule has 6 nitrogen and oxygen atoms in total. The van der Waals surface area contributed by atoms with Gasteiger partial charge < -0.3 is 14.4 Å². The smallest absolute Gasteiger partial charge is 0.316 e. The number of rotatable bonds is 4. The number of likely N-dealkylation sites (tertiary alicyclic amines) is 1. The zero-order valence-electron chi connectivity index (χ0n) is 13.2. The van der Waals surface area contributed by atoms with E-state index in [0.717, 1.165) is 19.4 Å². The van der Waals surface area contributed by atoms with E-state index in [1.54, 1.807) is 18.5 Å². The molecule has 1 aromatic rings. The zero-order chi connectivity index (χ0) is 15.6. The average Bonchev–Trinajstić information content (AvgIpc) is 3.07. The van der Waals surface area contributed by atoms with Crippen molar-refractivity contribution in [3.8, 4) is 6.01 Å². The third-order valence-corrected chi connectivity index (χ3v) is 4.24. The summed E-state index contributed by atoms with van der Waals surface area (Å²) < 4.78 is 11.8. The van der Waals surface area contributed by atoms with Crippen LogP contribution in [0.5, 0.6) is 6.01 Å². The first kappa shape index (κ1) is 15.2. The van der Waals surface area contributed by atoms with Crippen molar-refractivity contribution in [3.05, 3.63) is 18.5 Å². The Kier molecular flexibility index (Phi) is 4.29. The number of nitrogens with zero attached hydrogens (tertiary/aromatic N) is 3. The van der Waals surface area contributed by atoms with Gasteiger partial charge in [0.15, 0.2) is 0 Å². The lowest BCUT2D eigenvalue weighted by atomic mass is 9.98. The maximum atomic E-state index is 12.2. The minimum absolute atomic E-state index is 0.0393. The molecule has 2 aliphatic heterocycles. The van der Waals surface area contributed by atoms with E-state index in [1.165, 1.54) is 0 Å². The van der Waals surface area contributed by atoms with E-state index in [2.05, 4.69) is 23.8 Å². The molecule has 3 heterocycles. The molecule has 3 rings (SSSR count). The maximum Gasteiger partial charge on any atom is 0.316 e. The minimum atomic E-state index is -0.244. The predicted octanol–water partition coefficient (Wildman–Crippen LogP) is 1.66. The molecule has 120 valence electrons. The van der Waals surface area contributed by atoms with Crippen LogP contribution in [0.2, 0.25) is 0 Å². The van der Waals surface area contributed by atoms with Gasteiger partial charge in [0, 0.05) is 38.3 Å². The van der Waals surface area contributed by atoms with E-state index >= 15 is 0 Å². The summed E-state index contributed by atoms with van der Waals surface area (Å²) in [5.41, 5.74) is -0.244. The van der Waals surface area contributed by atoms with Crippen molar-refractivity contribution in [1.82, 2.24) is 14.9 Å². The lowest BCUT2D eigenvalue weighted by Gasteiger charge is -2.23. The van der Waals surface area contributed by atoms with Crippen molar-refractivity contribution in [3.63, 3.8) is 0 Å². The molecule has 1 spiro atoms. The molecule has 2 saturated heterocycles. The first-order valence-corrected chi connectivity index (χ1v) is 7.92. The molecule has 0 bridgehead atoms. The summed E-state index contributed by atoms with van der Waals surface area (Å²) in [6.45, 7) is 6.12. The molecule has 1 amide bonds. The summed E-state index contributed by atoms with van der Waals surface area (Å²) in [4.78, 5) is 22.3. The van der Waals surface area contributed by atoms with Crippen molar-refractivity contribution >= 4 is 5.91 Å². The van der Waals surface area contributed by atoms with Crippen LogP contribution < -0.4 is 4.74 Å². The number of hydrogen-bond donors (Lipinski definition) is 0. The van der Waals surface area contributed by atoms with Crippen LogP contribution in [0.3, 0.4) is 0 Å². The van der Waals surface area contributed by atoms with Gasteiger partial charge in [0.2, 0.25) is 5.91 Å². The fourth-order valence-corrected chi connectivity index (χ4v) is 3.19. The van der Waals surface area contributed by atoms with Crippen molar-refractivity contribution in [2.75, 3.05) is 19.7 Å². The van der Waals surface area contributed by atoms with Gasteiger partial charge in [-0.25, -0.2) is 9.97 Å². The molecule has 6 heteroatoms. The third kappa shape index (κ3) is 3.38. The normalized spacial score (nSPS) is 27.8. The molecule has 22 heavy (non-hydrogen) atoms. The highest BCUT2D eigenvalue weighted by molar-refractivity contribution is 5.76. The van der Waals surface area contributed by atoms with E-state index in [1.807, 2.05) is 4.90 Å². The highest BCUT2D eigenvalue weighted by Gasteiger charge is 2.47. The lowest BCUT2D eigenvalue weighted by molar-refractivity contribution is -0.132. The molecule has 0 unspecified atom stereocenters. The zero-order valence-corrected chi connectivity index (χ0v) is 13.2. The number of carbonyl (C=O) groups excluding carboxylic acids is 1. The van der Waals surface area contributed by atoms with E-state index in [0.29, 0.717) is 31.5 Å². The molecule has 0 saturated carbocycles. The van der Waals surface area contributed by atoms with Gasteiger partial charge in [0.25, 0.3) is 0 Å². The van der Waals surface area contributed by atoms with Crippen LogP contribution in [0.4, 0.5) is 0 Å². The van der Waals surface area contributed by atoms with Gasteiger partial charge in [0.1, 0.15) is 6.10 Å². The van der Waals surface area contributed by atoms with Gasteiger partial charge in [-0.05, 0) is 18.4 Å². The van der Waals surface area contributed by atoms with Gasteiger partial charge in [-0.1, -0.05) is 13.8 Å². The van der Waals surface area contributed by atoms with Crippen LogP contribution in [0.15, 0.2) is 18.5 Å². The number of ether oxygens (including phenoxy) is 2. The second kappa shape index (κ2) is 6.20. The molecule has 2 fully saturated rings. The highest BCUT2D eigenvalue weighted by Crippen LogP contribution is 2.36. The Bertz CT molecular complexity index is 523. The van der Waals surface area contributed by atoms with Gasteiger partial charge in [-0.3, -0.25) is 4.79 Å². The quantitative estimate of drug-likeness (QED) is 0.846. The standard InChI is InChI=1S/C16H23N3O3/c1-12(2)8-14(20)19-7-4-16(11-19)9-13(10-21-16)22-15-17-5-3-6-18-15/h3,5-6,12-13H,4,7-11H2,1-2H3/t13-,16-/m1/s1. The van der Waals surface area contributed by atoms with Crippen LogP contribution in [-0.2, 0) is 9.53 Å². The van der Waals surface area contributed by atoms with Gasteiger partial charge in [-0.15, -0.1) is 0 Å². The second-order valence-electron chi connectivity index (χ2n) is 6.63. The average molecular weight is 305 g/mol. The Morgan fingerprint density at radius 1 is 1.50 bits per heavy atom. The molecule has 1 aromatic heterocycles. The van der Waals surface area contributed by atoms with Gasteiger partial charge in [0.05, 0.1) is 12.2 Å². The molecule has 0 radical (unpaired) electrons. The lowest BCUT2D eigenvalue weighted by Crippen LogP contribution is -2.36. The molecule has 0 N–H and O–H groups in total. The number of carbonyl (C=O) groups is 1. The Balaban J connectivity index is 1.55. The van der Waals surface area contributed by atoms with Crippen molar-refractivity contribution < 1.29 is 14.3 Å². The maximum absolute atomic E-state index is 12.2. The van der Waals surface area contributed by atoms with E-state index in [9.17, 15) is 4.79 Å². The van der Waals surface area contributed by atoms with E-state index < -0.39 is 0 Å². The summed E-state index contributed by atoms with van der Waals surface area (Å²) in [5.74, 6) is 0.617. The van der Waals surface area contributed by atoms with E-state index in [-0.39, 0.29) is 17.6 Å². The van der Waals surface area contributed by atoms with Crippen LogP contribution >= 0.6 is 0 Å². The molecule has 2 aliphatic rings. The van der Waals surface area contributed by atoms with Crippen molar-refractivity contribution in [2.24, 2.45) is 5.92 Å². The Morgan fingerprint density at radius 3 is 3.00 bits per heavy atom. The van der Waals surface area contributed by atoms with Crippen LogP contribution in [-0.4, -0.2) is 52.2 Å².